The Morgan fingerprint density at radius 1 is 1.32 bits per heavy atom. The van der Waals surface area contributed by atoms with Crippen molar-refractivity contribution >= 4 is 5.91 Å². The molecule has 1 fully saturated rings. The normalized spacial score (nSPS) is 22.4. The first-order valence-electron chi connectivity index (χ1n) is 7.40. The monoisotopic (exact) mass is 315 g/mol. The Balaban J connectivity index is 1.88. The number of hydrogen-bond donors (Lipinski definition) is 1. The number of benzene rings is 1. The van der Waals surface area contributed by atoms with Crippen LogP contribution in [0.1, 0.15) is 41.6 Å². The molecule has 0 aromatic heterocycles. The Bertz CT molecular complexity index is 516. The van der Waals surface area contributed by atoms with Crippen LogP contribution in [0.5, 0.6) is 0 Å². The number of ether oxygens (including phenoxy) is 1. The van der Waals surface area contributed by atoms with Gasteiger partial charge >= 0.3 is 6.18 Å². The zero-order valence-electron chi connectivity index (χ0n) is 12.5. The van der Waals surface area contributed by atoms with E-state index in [0.29, 0.717) is 18.4 Å². The number of aryl methyl sites for hydroxylation is 1. The van der Waals surface area contributed by atoms with Crippen LogP contribution in [0.15, 0.2) is 24.3 Å². The first-order chi connectivity index (χ1) is 10.3. The predicted octanol–water partition coefficient (Wildman–Crippen LogP) is 3.61. The minimum Gasteiger partial charge on any atom is -0.369 e. The molecule has 1 aromatic rings. The fraction of sp³-hybridized carbons (Fsp3) is 0.562. The molecule has 1 aliphatic rings. The van der Waals surface area contributed by atoms with Gasteiger partial charge in [-0.1, -0.05) is 18.2 Å². The van der Waals surface area contributed by atoms with E-state index in [1.165, 1.54) is 0 Å². The van der Waals surface area contributed by atoms with Gasteiger partial charge in [0.15, 0.2) is 0 Å². The molecule has 1 aromatic carbocycles. The molecule has 0 radical (unpaired) electrons. The zero-order valence-corrected chi connectivity index (χ0v) is 12.5. The predicted molar refractivity (Wildman–Crippen MR) is 76.7 cm³/mol. The van der Waals surface area contributed by atoms with Crippen LogP contribution >= 0.6 is 0 Å². The second kappa shape index (κ2) is 7.13. The third-order valence-electron chi connectivity index (χ3n) is 3.83. The molecule has 0 heterocycles. The molecule has 0 unspecified atom stereocenters. The first kappa shape index (κ1) is 16.8. The maximum absolute atomic E-state index is 12.2. The largest absolute Gasteiger partial charge is 0.411 e. The number of nitrogens with one attached hydrogen (secondary N) is 1. The molecule has 1 saturated carbocycles. The molecule has 22 heavy (non-hydrogen) atoms. The summed E-state index contributed by atoms with van der Waals surface area (Å²) in [6.45, 7) is 0.626. The topological polar surface area (TPSA) is 38.3 Å². The number of alkyl halides is 3. The Morgan fingerprint density at radius 3 is 2.73 bits per heavy atom. The molecule has 1 N–H and O–H groups in total. The molecular weight excluding hydrogens is 295 g/mol. The minimum atomic E-state index is -4.31. The average Bonchev–Trinajstić information content (AvgIpc) is 2.45. The second-order valence-electron chi connectivity index (χ2n) is 5.70. The highest BCUT2D eigenvalue weighted by Crippen LogP contribution is 2.24. The first-order valence-corrected chi connectivity index (χ1v) is 7.40. The van der Waals surface area contributed by atoms with Crippen LogP contribution < -0.4 is 5.32 Å². The fourth-order valence-electron chi connectivity index (χ4n) is 2.73. The summed E-state index contributed by atoms with van der Waals surface area (Å²) in [6.07, 6.45) is -2.21. The number of halogens is 3. The highest BCUT2D eigenvalue weighted by Gasteiger charge is 2.31. The molecule has 0 bridgehead atoms. The van der Waals surface area contributed by atoms with Crippen molar-refractivity contribution in [3.63, 3.8) is 0 Å². The highest BCUT2D eigenvalue weighted by atomic mass is 19.4. The van der Waals surface area contributed by atoms with E-state index < -0.39 is 18.9 Å². The number of hydrogen-bond acceptors (Lipinski definition) is 2. The van der Waals surface area contributed by atoms with Crippen LogP contribution in [0.25, 0.3) is 0 Å². The van der Waals surface area contributed by atoms with Gasteiger partial charge in [0.2, 0.25) is 0 Å². The van der Waals surface area contributed by atoms with Crippen molar-refractivity contribution in [2.45, 2.75) is 50.9 Å². The van der Waals surface area contributed by atoms with Gasteiger partial charge in [0.05, 0.1) is 6.10 Å². The van der Waals surface area contributed by atoms with Crippen LogP contribution in [-0.4, -0.2) is 30.8 Å². The summed E-state index contributed by atoms with van der Waals surface area (Å²) in [5, 5.41) is 2.90. The Labute approximate surface area is 127 Å². The van der Waals surface area contributed by atoms with Gasteiger partial charge < -0.3 is 10.1 Å². The van der Waals surface area contributed by atoms with E-state index in [4.69, 9.17) is 4.74 Å². The molecule has 0 saturated heterocycles. The van der Waals surface area contributed by atoms with Crippen LogP contribution in [-0.2, 0) is 4.74 Å². The lowest BCUT2D eigenvalue weighted by atomic mass is 9.92. The third kappa shape index (κ3) is 5.02. The van der Waals surface area contributed by atoms with Crippen LogP contribution in [0.2, 0.25) is 0 Å². The molecule has 122 valence electrons. The van der Waals surface area contributed by atoms with Gasteiger partial charge in [0.1, 0.15) is 6.61 Å². The lowest BCUT2D eigenvalue weighted by Crippen LogP contribution is -2.41. The van der Waals surface area contributed by atoms with Crippen molar-refractivity contribution in [1.29, 1.82) is 0 Å². The second-order valence-corrected chi connectivity index (χ2v) is 5.70. The number of amides is 1. The molecule has 2 rings (SSSR count). The van der Waals surface area contributed by atoms with E-state index in [-0.39, 0.29) is 11.9 Å². The summed E-state index contributed by atoms with van der Waals surface area (Å²) >= 11 is 0. The fourth-order valence-corrected chi connectivity index (χ4v) is 2.73. The van der Waals surface area contributed by atoms with Crippen molar-refractivity contribution in [2.75, 3.05) is 6.61 Å². The molecule has 3 nitrogen and oxygen atoms in total. The minimum absolute atomic E-state index is 0.140. The van der Waals surface area contributed by atoms with Crippen molar-refractivity contribution in [3.05, 3.63) is 35.4 Å². The summed E-state index contributed by atoms with van der Waals surface area (Å²) < 4.78 is 41.5. The number of rotatable bonds is 4. The maximum Gasteiger partial charge on any atom is 0.411 e. The summed E-state index contributed by atoms with van der Waals surface area (Å²) in [5.41, 5.74) is 1.47. The molecule has 1 amide bonds. The van der Waals surface area contributed by atoms with Crippen LogP contribution in [0, 0.1) is 6.92 Å². The van der Waals surface area contributed by atoms with Gasteiger partial charge in [-0.05, 0) is 44.2 Å². The summed E-state index contributed by atoms with van der Waals surface area (Å²) in [5.74, 6) is -0.181. The third-order valence-corrected chi connectivity index (χ3v) is 3.83. The lowest BCUT2D eigenvalue weighted by Gasteiger charge is -2.30. The summed E-state index contributed by atoms with van der Waals surface area (Å²) in [6, 6.07) is 7.10. The molecule has 0 spiro atoms. The van der Waals surface area contributed by atoms with E-state index in [1.54, 1.807) is 12.1 Å². The van der Waals surface area contributed by atoms with Gasteiger partial charge in [0.25, 0.3) is 5.91 Å². The van der Waals surface area contributed by atoms with E-state index in [2.05, 4.69) is 5.32 Å². The van der Waals surface area contributed by atoms with Gasteiger partial charge in [-0.15, -0.1) is 0 Å². The van der Waals surface area contributed by atoms with E-state index in [9.17, 15) is 18.0 Å². The molecule has 0 aliphatic heterocycles. The van der Waals surface area contributed by atoms with Crippen molar-refractivity contribution in [3.8, 4) is 0 Å². The van der Waals surface area contributed by atoms with Gasteiger partial charge in [-0.25, -0.2) is 0 Å². The van der Waals surface area contributed by atoms with Crippen LogP contribution in [0.3, 0.4) is 0 Å². The van der Waals surface area contributed by atoms with Crippen LogP contribution in [0.4, 0.5) is 13.2 Å². The maximum atomic E-state index is 12.2. The molecule has 2 atom stereocenters. The van der Waals surface area contributed by atoms with Gasteiger partial charge in [0, 0.05) is 11.6 Å². The summed E-state index contributed by atoms with van der Waals surface area (Å²) in [7, 11) is 0. The number of carbonyl (C=O) groups is 1. The standard InChI is InChI=1S/C16H20F3NO2/c1-11-5-2-3-8-14(11)15(21)20-12-6-4-7-13(9-12)22-10-16(17,18)19/h2-3,5,8,12-13H,4,6-7,9-10H2,1H3,(H,20,21)/t12-,13-/m1/s1. The van der Waals surface area contributed by atoms with Gasteiger partial charge in [-0.2, -0.15) is 13.2 Å². The van der Waals surface area contributed by atoms with E-state index in [1.807, 2.05) is 19.1 Å². The molecule has 6 heteroatoms. The zero-order chi connectivity index (χ0) is 16.2. The van der Waals surface area contributed by atoms with Gasteiger partial charge in [-0.3, -0.25) is 4.79 Å². The Hall–Kier alpha value is -1.56. The Kier molecular flexibility index (Phi) is 5.45. The van der Waals surface area contributed by atoms with E-state index in [0.717, 1.165) is 18.4 Å². The molecule has 1 aliphatic carbocycles. The molecular formula is C16H20F3NO2. The highest BCUT2D eigenvalue weighted by molar-refractivity contribution is 5.95. The SMILES string of the molecule is Cc1ccccc1C(=O)N[C@@H]1CCC[C@@H](OCC(F)(F)F)C1. The van der Waals surface area contributed by atoms with Crippen molar-refractivity contribution in [1.82, 2.24) is 5.32 Å². The smallest absolute Gasteiger partial charge is 0.369 e. The summed E-state index contributed by atoms with van der Waals surface area (Å²) in [4.78, 5) is 12.2. The van der Waals surface area contributed by atoms with E-state index >= 15 is 0 Å². The quantitative estimate of drug-likeness (QED) is 0.921. The average molecular weight is 315 g/mol. The van der Waals surface area contributed by atoms with Crippen molar-refractivity contribution < 1.29 is 22.7 Å². The lowest BCUT2D eigenvalue weighted by molar-refractivity contribution is -0.188. The Morgan fingerprint density at radius 2 is 2.05 bits per heavy atom. The number of carbonyl (C=O) groups excluding carboxylic acids is 1. The van der Waals surface area contributed by atoms with Crippen molar-refractivity contribution in [2.24, 2.45) is 0 Å².